The van der Waals surface area contributed by atoms with Crippen molar-refractivity contribution < 1.29 is 4.79 Å². The Labute approximate surface area is 73.9 Å². The second-order valence-corrected chi connectivity index (χ2v) is 3.85. The zero-order valence-electron chi connectivity index (χ0n) is 7.34. The van der Waals surface area contributed by atoms with Gasteiger partial charge in [0.15, 0.2) is 0 Å². The van der Waals surface area contributed by atoms with Crippen molar-refractivity contribution in [2.75, 3.05) is 11.5 Å². The maximum absolute atomic E-state index is 9.93. The number of thioether (sulfide) groups is 1. The number of carbonyl (C=O) groups is 1. The van der Waals surface area contributed by atoms with Crippen LogP contribution >= 0.6 is 11.8 Å². The van der Waals surface area contributed by atoms with E-state index in [9.17, 15) is 4.79 Å². The Balaban J connectivity index is 2.74. The molecule has 0 radical (unpaired) electrons. The van der Waals surface area contributed by atoms with Crippen molar-refractivity contribution in [2.24, 2.45) is 0 Å². The van der Waals surface area contributed by atoms with Gasteiger partial charge in [-0.25, -0.2) is 0 Å². The Morgan fingerprint density at radius 1 is 1.18 bits per heavy atom. The molecule has 0 saturated carbocycles. The molecule has 0 aromatic carbocycles. The molecule has 0 heterocycles. The molecule has 0 aromatic heterocycles. The summed E-state index contributed by atoms with van der Waals surface area (Å²) < 4.78 is 0. The van der Waals surface area contributed by atoms with Gasteiger partial charge in [0.05, 0.1) is 0 Å². The second-order valence-electron chi connectivity index (χ2n) is 2.63. The van der Waals surface area contributed by atoms with E-state index < -0.39 is 0 Å². The smallest absolute Gasteiger partial charge is 0.119 e. The van der Waals surface area contributed by atoms with Gasteiger partial charge >= 0.3 is 0 Å². The first-order chi connectivity index (χ1) is 5.41. The summed E-state index contributed by atoms with van der Waals surface area (Å²) in [6, 6.07) is 0. The van der Waals surface area contributed by atoms with Crippen molar-refractivity contribution >= 4 is 18.0 Å². The van der Waals surface area contributed by atoms with Gasteiger partial charge in [-0.3, -0.25) is 0 Å². The Morgan fingerprint density at radius 2 is 2.00 bits per heavy atom. The Bertz CT molecular complexity index is 83.6. The van der Waals surface area contributed by atoms with Crippen molar-refractivity contribution in [3.05, 3.63) is 0 Å². The predicted molar refractivity (Wildman–Crippen MR) is 52.1 cm³/mol. The van der Waals surface area contributed by atoms with E-state index in [-0.39, 0.29) is 0 Å². The van der Waals surface area contributed by atoms with Crippen LogP contribution in [-0.4, -0.2) is 17.8 Å². The summed E-state index contributed by atoms with van der Waals surface area (Å²) in [7, 11) is 0. The average Bonchev–Trinajstić information content (AvgIpc) is 2.03. The van der Waals surface area contributed by atoms with Crippen LogP contribution in [-0.2, 0) is 4.79 Å². The van der Waals surface area contributed by atoms with E-state index >= 15 is 0 Å². The van der Waals surface area contributed by atoms with Gasteiger partial charge in [-0.1, -0.05) is 13.3 Å². The van der Waals surface area contributed by atoms with E-state index in [4.69, 9.17) is 0 Å². The summed E-state index contributed by atoms with van der Waals surface area (Å²) in [5, 5.41) is 0. The maximum Gasteiger partial charge on any atom is 0.119 e. The molecular formula is C9H18OS. The van der Waals surface area contributed by atoms with Gasteiger partial charge in [-0.05, 0) is 30.8 Å². The molecule has 0 aliphatic carbocycles. The fourth-order valence-corrected chi connectivity index (χ4v) is 1.76. The molecule has 0 aliphatic heterocycles. The van der Waals surface area contributed by atoms with Gasteiger partial charge in [0.2, 0.25) is 0 Å². The lowest BCUT2D eigenvalue weighted by atomic mass is 10.2. The molecule has 0 amide bonds. The summed E-state index contributed by atoms with van der Waals surface area (Å²) >= 11 is 2.02. The number of hydrogen-bond donors (Lipinski definition) is 0. The summed E-state index contributed by atoms with van der Waals surface area (Å²) in [5.41, 5.74) is 0. The van der Waals surface area contributed by atoms with Crippen LogP contribution in [0.15, 0.2) is 0 Å². The van der Waals surface area contributed by atoms with Crippen LogP contribution in [0.25, 0.3) is 0 Å². The van der Waals surface area contributed by atoms with E-state index in [1.807, 2.05) is 11.8 Å². The highest BCUT2D eigenvalue weighted by Gasteiger charge is 1.89. The molecule has 0 aliphatic rings. The van der Waals surface area contributed by atoms with Gasteiger partial charge in [-0.15, -0.1) is 0 Å². The monoisotopic (exact) mass is 174 g/mol. The van der Waals surface area contributed by atoms with Gasteiger partial charge in [0.1, 0.15) is 6.29 Å². The predicted octanol–water partition coefficient (Wildman–Crippen LogP) is 2.89. The third kappa shape index (κ3) is 10.0. The van der Waals surface area contributed by atoms with Crippen molar-refractivity contribution in [3.63, 3.8) is 0 Å². The van der Waals surface area contributed by atoms with E-state index in [0.717, 1.165) is 19.1 Å². The van der Waals surface area contributed by atoms with Crippen LogP contribution in [0.5, 0.6) is 0 Å². The Morgan fingerprint density at radius 3 is 2.64 bits per heavy atom. The standard InChI is InChI=1S/C9H18OS/c1-2-8-11-9-6-4-3-5-7-10/h7H,2-6,8-9H2,1H3. The molecule has 2 heteroatoms. The van der Waals surface area contributed by atoms with E-state index in [1.54, 1.807) is 0 Å². The molecule has 0 saturated heterocycles. The SMILES string of the molecule is CCCSCCCCCC=O. The number of aldehydes is 1. The zero-order chi connectivity index (χ0) is 8.36. The summed E-state index contributed by atoms with van der Waals surface area (Å²) in [6.07, 6.45) is 6.61. The first-order valence-corrected chi connectivity index (χ1v) is 5.58. The lowest BCUT2D eigenvalue weighted by Crippen LogP contribution is -1.83. The Hall–Kier alpha value is 0.0200. The minimum absolute atomic E-state index is 0.748. The fourth-order valence-electron chi connectivity index (χ4n) is 0.855. The molecule has 0 rings (SSSR count). The second kappa shape index (κ2) is 10.0. The van der Waals surface area contributed by atoms with Crippen molar-refractivity contribution in [1.82, 2.24) is 0 Å². The molecular weight excluding hydrogens is 156 g/mol. The largest absolute Gasteiger partial charge is 0.303 e. The van der Waals surface area contributed by atoms with E-state index in [0.29, 0.717) is 0 Å². The molecule has 0 unspecified atom stereocenters. The summed E-state index contributed by atoms with van der Waals surface area (Å²) in [5.74, 6) is 2.56. The highest BCUT2D eigenvalue weighted by molar-refractivity contribution is 7.99. The summed E-state index contributed by atoms with van der Waals surface area (Å²) in [4.78, 5) is 9.93. The molecule has 0 aromatic rings. The fraction of sp³-hybridized carbons (Fsp3) is 0.889. The van der Waals surface area contributed by atoms with Crippen LogP contribution in [0.1, 0.15) is 39.0 Å². The molecule has 0 spiro atoms. The highest BCUT2D eigenvalue weighted by Crippen LogP contribution is 2.07. The van der Waals surface area contributed by atoms with Crippen molar-refractivity contribution in [1.29, 1.82) is 0 Å². The lowest BCUT2D eigenvalue weighted by molar-refractivity contribution is -0.107. The van der Waals surface area contributed by atoms with Crippen LogP contribution in [0, 0.1) is 0 Å². The third-order valence-corrected chi connectivity index (χ3v) is 2.73. The van der Waals surface area contributed by atoms with Crippen molar-refractivity contribution in [3.8, 4) is 0 Å². The topological polar surface area (TPSA) is 17.1 Å². The lowest BCUT2D eigenvalue weighted by Gasteiger charge is -1.97. The number of rotatable bonds is 8. The summed E-state index contributed by atoms with van der Waals surface area (Å²) in [6.45, 7) is 2.21. The van der Waals surface area contributed by atoms with Gasteiger partial charge in [0.25, 0.3) is 0 Å². The van der Waals surface area contributed by atoms with Gasteiger partial charge in [0, 0.05) is 6.42 Å². The highest BCUT2D eigenvalue weighted by atomic mass is 32.2. The van der Waals surface area contributed by atoms with Crippen molar-refractivity contribution in [2.45, 2.75) is 39.0 Å². The number of carbonyl (C=O) groups excluding carboxylic acids is 1. The van der Waals surface area contributed by atoms with Gasteiger partial charge in [-0.2, -0.15) is 11.8 Å². The molecule has 0 fully saturated rings. The van der Waals surface area contributed by atoms with Crippen LogP contribution in [0.4, 0.5) is 0 Å². The third-order valence-electron chi connectivity index (χ3n) is 1.46. The number of unbranched alkanes of at least 4 members (excludes halogenated alkanes) is 3. The van der Waals surface area contributed by atoms with E-state index in [1.165, 1.54) is 30.8 Å². The molecule has 66 valence electrons. The maximum atomic E-state index is 9.93. The zero-order valence-corrected chi connectivity index (χ0v) is 8.16. The van der Waals surface area contributed by atoms with Crippen LogP contribution < -0.4 is 0 Å². The molecule has 0 atom stereocenters. The molecule has 0 bridgehead atoms. The quantitative estimate of drug-likeness (QED) is 0.416. The first-order valence-electron chi connectivity index (χ1n) is 4.43. The average molecular weight is 174 g/mol. The molecule has 0 N–H and O–H groups in total. The minimum Gasteiger partial charge on any atom is -0.303 e. The normalized spacial score (nSPS) is 9.91. The minimum atomic E-state index is 0.748. The van der Waals surface area contributed by atoms with E-state index in [2.05, 4.69) is 6.92 Å². The van der Waals surface area contributed by atoms with Crippen LogP contribution in [0.3, 0.4) is 0 Å². The molecule has 1 nitrogen and oxygen atoms in total. The Kier molecular flexibility index (Phi) is 10.0. The van der Waals surface area contributed by atoms with Gasteiger partial charge < -0.3 is 4.79 Å². The molecule has 11 heavy (non-hydrogen) atoms. The van der Waals surface area contributed by atoms with Crippen LogP contribution in [0.2, 0.25) is 0 Å². The number of hydrogen-bond acceptors (Lipinski definition) is 2. The first kappa shape index (κ1) is 11.0.